The van der Waals surface area contributed by atoms with Crippen molar-refractivity contribution in [2.75, 3.05) is 12.0 Å². The molecule has 4 rings (SSSR count). The van der Waals surface area contributed by atoms with Crippen LogP contribution in [0.2, 0.25) is 5.02 Å². The van der Waals surface area contributed by atoms with E-state index in [-0.39, 0.29) is 11.3 Å². The maximum atomic E-state index is 13.1. The molecule has 0 radical (unpaired) electrons. The van der Waals surface area contributed by atoms with Gasteiger partial charge >= 0.3 is 0 Å². The Kier molecular flexibility index (Phi) is 5.60. The molecule has 1 atom stereocenters. The summed E-state index contributed by atoms with van der Waals surface area (Å²) in [4.78, 5) is 28.5. The number of Topliss-reactive ketones (excluding diaryl/α,β-unsaturated/α-hetero) is 1. The average Bonchev–Trinajstić information content (AvgIpc) is 3.29. The number of rotatable bonds is 4. The third-order valence-corrected chi connectivity index (χ3v) is 6.70. The molecule has 1 fully saturated rings. The molecule has 31 heavy (non-hydrogen) atoms. The van der Waals surface area contributed by atoms with E-state index in [1.54, 1.807) is 24.3 Å². The summed E-state index contributed by atoms with van der Waals surface area (Å²) in [5.74, 6) is -1.23. The zero-order valence-corrected chi connectivity index (χ0v) is 18.8. The van der Waals surface area contributed by atoms with E-state index >= 15 is 0 Å². The van der Waals surface area contributed by atoms with Crippen molar-refractivity contribution >= 4 is 46.1 Å². The van der Waals surface area contributed by atoms with Crippen LogP contribution in [0.5, 0.6) is 5.75 Å². The maximum Gasteiger partial charge on any atom is 0.300 e. The van der Waals surface area contributed by atoms with Gasteiger partial charge in [-0.15, -0.1) is 11.3 Å². The Bertz CT molecular complexity index is 1210. The molecule has 0 saturated carbocycles. The Hall–Kier alpha value is -3.09. The van der Waals surface area contributed by atoms with Gasteiger partial charge in [0.2, 0.25) is 0 Å². The van der Waals surface area contributed by atoms with Crippen LogP contribution in [0.25, 0.3) is 5.76 Å². The van der Waals surface area contributed by atoms with Gasteiger partial charge in [0, 0.05) is 16.1 Å². The number of aliphatic hydroxyl groups excluding tert-OH is 1. The summed E-state index contributed by atoms with van der Waals surface area (Å²) in [6.07, 6.45) is 0. The minimum Gasteiger partial charge on any atom is -0.507 e. The van der Waals surface area contributed by atoms with E-state index < -0.39 is 17.7 Å². The molecule has 1 saturated heterocycles. The molecule has 0 spiro atoms. The Morgan fingerprint density at radius 3 is 2.39 bits per heavy atom. The number of halogens is 1. The molecule has 1 aliphatic heterocycles. The zero-order chi connectivity index (χ0) is 22.3. The lowest BCUT2D eigenvalue weighted by atomic mass is 9.98. The average molecular weight is 454 g/mol. The van der Waals surface area contributed by atoms with Crippen molar-refractivity contribution in [2.45, 2.75) is 19.9 Å². The lowest BCUT2D eigenvalue weighted by Crippen LogP contribution is -2.29. The number of ether oxygens (including phenoxy) is 1. The summed E-state index contributed by atoms with van der Waals surface area (Å²) >= 11 is 7.67. The summed E-state index contributed by atoms with van der Waals surface area (Å²) in [6, 6.07) is 13.3. The topological polar surface area (TPSA) is 66.8 Å². The Labute approximate surface area is 189 Å². The van der Waals surface area contributed by atoms with E-state index in [0.29, 0.717) is 22.0 Å². The highest BCUT2D eigenvalue weighted by Crippen LogP contribution is 2.45. The predicted octanol–water partition coefficient (Wildman–Crippen LogP) is 5.65. The van der Waals surface area contributed by atoms with Crippen LogP contribution in [0, 0.1) is 13.8 Å². The number of carbonyl (C=O) groups is 2. The van der Waals surface area contributed by atoms with Crippen molar-refractivity contribution in [1.82, 2.24) is 0 Å². The molecule has 1 aliphatic rings. The molecule has 1 aromatic heterocycles. The number of aliphatic hydroxyl groups is 1. The van der Waals surface area contributed by atoms with Crippen molar-refractivity contribution in [3.05, 3.63) is 86.1 Å². The molecule has 5 nitrogen and oxygen atoms in total. The van der Waals surface area contributed by atoms with Crippen LogP contribution >= 0.6 is 22.9 Å². The third kappa shape index (κ3) is 3.62. The van der Waals surface area contributed by atoms with Crippen LogP contribution < -0.4 is 9.64 Å². The number of nitrogens with zero attached hydrogens (tertiary/aromatic N) is 1. The first-order valence-electron chi connectivity index (χ1n) is 9.59. The molecule has 0 aliphatic carbocycles. The number of thiophene rings is 1. The van der Waals surface area contributed by atoms with Crippen LogP contribution in [0.4, 0.5) is 5.69 Å². The molecule has 158 valence electrons. The summed E-state index contributed by atoms with van der Waals surface area (Å²) in [5.41, 5.74) is 2.95. The van der Waals surface area contributed by atoms with Gasteiger partial charge in [0.1, 0.15) is 17.6 Å². The van der Waals surface area contributed by atoms with E-state index in [1.165, 1.54) is 29.4 Å². The smallest absolute Gasteiger partial charge is 0.300 e. The van der Waals surface area contributed by atoms with Crippen molar-refractivity contribution in [3.8, 4) is 5.75 Å². The SMILES string of the molecule is COc1ccc(/C(O)=C2/C(=O)C(=O)N(c3ccc(C)cc3)C2c2sccc2C)cc1Cl. The molecule has 2 heterocycles. The Morgan fingerprint density at radius 2 is 1.81 bits per heavy atom. The van der Waals surface area contributed by atoms with Gasteiger partial charge in [-0.25, -0.2) is 0 Å². The number of ketones is 1. The molecule has 2 aromatic carbocycles. The third-order valence-electron chi connectivity index (χ3n) is 5.33. The van der Waals surface area contributed by atoms with Gasteiger partial charge in [0.25, 0.3) is 11.7 Å². The monoisotopic (exact) mass is 453 g/mol. The van der Waals surface area contributed by atoms with Crippen LogP contribution in [0.15, 0.2) is 59.5 Å². The van der Waals surface area contributed by atoms with Gasteiger partial charge in [-0.2, -0.15) is 0 Å². The summed E-state index contributed by atoms with van der Waals surface area (Å²) < 4.78 is 5.17. The first-order valence-corrected chi connectivity index (χ1v) is 10.8. The highest BCUT2D eigenvalue weighted by atomic mass is 35.5. The molecule has 1 amide bonds. The lowest BCUT2D eigenvalue weighted by Gasteiger charge is -2.25. The molecular weight excluding hydrogens is 434 g/mol. The van der Waals surface area contributed by atoms with E-state index in [4.69, 9.17) is 16.3 Å². The van der Waals surface area contributed by atoms with Crippen LogP contribution in [0.3, 0.4) is 0 Å². The van der Waals surface area contributed by atoms with Crippen molar-refractivity contribution < 1.29 is 19.4 Å². The number of carbonyl (C=O) groups excluding carboxylic acids is 2. The summed E-state index contributed by atoms with van der Waals surface area (Å²) in [6.45, 7) is 3.87. The van der Waals surface area contributed by atoms with E-state index in [2.05, 4.69) is 0 Å². The van der Waals surface area contributed by atoms with E-state index in [9.17, 15) is 14.7 Å². The molecule has 3 aromatic rings. The first kappa shape index (κ1) is 21.2. The number of anilines is 1. The number of amides is 1. The van der Waals surface area contributed by atoms with Gasteiger partial charge in [0.05, 0.1) is 17.7 Å². The van der Waals surface area contributed by atoms with Crippen LogP contribution in [-0.4, -0.2) is 23.9 Å². The number of methoxy groups -OCH3 is 1. The predicted molar refractivity (Wildman–Crippen MR) is 123 cm³/mol. The van der Waals surface area contributed by atoms with Gasteiger partial charge in [-0.3, -0.25) is 14.5 Å². The number of aryl methyl sites for hydroxylation is 2. The standard InChI is InChI=1S/C24H20ClNO4S/c1-13-4-7-16(8-5-13)26-20(23-14(2)10-11-31-23)19(22(28)24(26)29)21(27)15-6-9-18(30-3)17(25)12-15/h4-12,20,27H,1-3H3/b21-19-. The van der Waals surface area contributed by atoms with Crippen molar-refractivity contribution in [3.63, 3.8) is 0 Å². The first-order chi connectivity index (χ1) is 14.8. The minimum atomic E-state index is -0.734. The summed E-state index contributed by atoms with van der Waals surface area (Å²) in [5, 5.41) is 13.4. The van der Waals surface area contributed by atoms with Gasteiger partial charge in [0.15, 0.2) is 0 Å². The second-order valence-electron chi connectivity index (χ2n) is 7.32. The highest BCUT2D eigenvalue weighted by Gasteiger charge is 2.47. The van der Waals surface area contributed by atoms with Gasteiger partial charge < -0.3 is 9.84 Å². The van der Waals surface area contributed by atoms with Crippen LogP contribution in [-0.2, 0) is 9.59 Å². The largest absolute Gasteiger partial charge is 0.507 e. The summed E-state index contributed by atoms with van der Waals surface area (Å²) in [7, 11) is 1.49. The second kappa shape index (κ2) is 8.21. The minimum absolute atomic E-state index is 0.0392. The molecule has 1 unspecified atom stereocenters. The molecule has 1 N–H and O–H groups in total. The Morgan fingerprint density at radius 1 is 1.10 bits per heavy atom. The zero-order valence-electron chi connectivity index (χ0n) is 17.2. The fourth-order valence-corrected chi connectivity index (χ4v) is 4.97. The van der Waals surface area contributed by atoms with E-state index in [1.807, 2.05) is 37.4 Å². The van der Waals surface area contributed by atoms with Crippen LogP contribution in [0.1, 0.15) is 27.6 Å². The molecular formula is C24H20ClNO4S. The maximum absolute atomic E-state index is 13.1. The highest BCUT2D eigenvalue weighted by molar-refractivity contribution is 7.10. The van der Waals surface area contributed by atoms with Crippen molar-refractivity contribution in [1.29, 1.82) is 0 Å². The Balaban J connectivity index is 1.93. The number of benzene rings is 2. The van der Waals surface area contributed by atoms with Gasteiger partial charge in [-0.05, 0) is 61.2 Å². The normalized spacial score (nSPS) is 17.9. The fraction of sp³-hybridized carbons (Fsp3) is 0.167. The number of hydrogen-bond donors (Lipinski definition) is 1. The quantitative estimate of drug-likeness (QED) is 0.315. The molecule has 7 heteroatoms. The number of hydrogen-bond acceptors (Lipinski definition) is 5. The van der Waals surface area contributed by atoms with Gasteiger partial charge in [-0.1, -0.05) is 29.3 Å². The van der Waals surface area contributed by atoms with E-state index in [0.717, 1.165) is 16.0 Å². The molecule has 0 bridgehead atoms. The fourth-order valence-electron chi connectivity index (χ4n) is 3.69. The second-order valence-corrected chi connectivity index (χ2v) is 8.68. The lowest BCUT2D eigenvalue weighted by molar-refractivity contribution is -0.132. The van der Waals surface area contributed by atoms with Crippen molar-refractivity contribution in [2.24, 2.45) is 0 Å².